The molecule has 1 aliphatic carbocycles. The molecule has 0 heterocycles. The Balaban J connectivity index is 2.36. The van der Waals surface area contributed by atoms with Crippen molar-refractivity contribution in [3.8, 4) is 0 Å². The van der Waals surface area contributed by atoms with Crippen molar-refractivity contribution >= 4 is 17.3 Å². The lowest BCUT2D eigenvalue weighted by Crippen LogP contribution is -2.39. The first-order valence-electron chi connectivity index (χ1n) is 8.60. The van der Waals surface area contributed by atoms with E-state index in [2.05, 4.69) is 5.32 Å². The molecule has 7 heteroatoms. The molecule has 142 valence electrons. The lowest BCUT2D eigenvalue weighted by Gasteiger charge is -2.25. The third kappa shape index (κ3) is 4.86. The van der Waals surface area contributed by atoms with Gasteiger partial charge in [0.05, 0.1) is 5.57 Å². The van der Waals surface area contributed by atoms with Gasteiger partial charge in [0.1, 0.15) is 5.71 Å². The molecule has 1 amide bonds. The minimum Gasteiger partial charge on any atom is -0.393 e. The highest BCUT2D eigenvalue weighted by molar-refractivity contribution is 6.26. The summed E-state index contributed by atoms with van der Waals surface area (Å²) in [6.07, 6.45) is -2.03. The van der Waals surface area contributed by atoms with Crippen LogP contribution < -0.4 is 10.2 Å². The predicted molar refractivity (Wildman–Crippen MR) is 96.5 cm³/mol. The summed E-state index contributed by atoms with van der Waals surface area (Å²) >= 11 is 0. The summed E-state index contributed by atoms with van der Waals surface area (Å²) in [5.74, 6) is -0.208. The topological polar surface area (TPSA) is 56.2 Å². The number of nitrogens with one attached hydrogen (secondary N) is 2. The first kappa shape index (κ1) is 20.0. The average molecular weight is 367 g/mol. The second-order valence-electron chi connectivity index (χ2n) is 6.82. The minimum absolute atomic E-state index is 0.291. The number of amides is 1. The summed E-state index contributed by atoms with van der Waals surface area (Å²) in [7, 11) is 1.40. The Hall–Kier alpha value is -2.31. The van der Waals surface area contributed by atoms with Crippen LogP contribution in [0.15, 0.2) is 36.0 Å². The molecule has 0 spiro atoms. The summed E-state index contributed by atoms with van der Waals surface area (Å²) in [6.45, 7) is 4.44. The Morgan fingerprint density at radius 2 is 1.88 bits per heavy atom. The van der Waals surface area contributed by atoms with Gasteiger partial charge < -0.3 is 10.2 Å². The first-order chi connectivity index (χ1) is 12.1. The highest BCUT2D eigenvalue weighted by atomic mass is 19.4. The van der Waals surface area contributed by atoms with Crippen LogP contribution in [0.25, 0.3) is 0 Å². The van der Waals surface area contributed by atoms with Gasteiger partial charge in [0.15, 0.2) is 0 Å². The largest absolute Gasteiger partial charge is 0.433 e. The van der Waals surface area contributed by atoms with Gasteiger partial charge in [0, 0.05) is 25.5 Å². The SMILES string of the molecule is CN/C=C(\C(=N)C(F)(F)F)C(=O)N(CC1CC1)c1ccc(C(C)C)cc1. The van der Waals surface area contributed by atoms with E-state index in [0.29, 0.717) is 24.1 Å². The summed E-state index contributed by atoms with van der Waals surface area (Å²) in [6, 6.07) is 7.26. The number of hydrogen-bond donors (Lipinski definition) is 2. The lowest BCUT2D eigenvalue weighted by atomic mass is 10.0. The zero-order chi connectivity index (χ0) is 19.5. The van der Waals surface area contributed by atoms with Crippen molar-refractivity contribution < 1.29 is 18.0 Å². The molecule has 0 radical (unpaired) electrons. The van der Waals surface area contributed by atoms with Gasteiger partial charge in [-0.3, -0.25) is 10.2 Å². The van der Waals surface area contributed by atoms with Gasteiger partial charge in [-0.25, -0.2) is 0 Å². The standard InChI is InChI=1S/C19H24F3N3O/c1-12(2)14-6-8-15(9-7-14)25(11-13-4-5-13)18(26)16(10-24-3)17(23)19(20,21)22/h6-10,12-13,23-24H,4-5,11H2,1-3H3/b16-10+,23-17?. The van der Waals surface area contributed by atoms with Crippen LogP contribution in [-0.4, -0.2) is 31.4 Å². The second kappa shape index (κ2) is 7.93. The van der Waals surface area contributed by atoms with Gasteiger partial charge in [0.25, 0.3) is 5.91 Å². The van der Waals surface area contributed by atoms with Crippen molar-refractivity contribution in [1.82, 2.24) is 5.32 Å². The molecule has 4 nitrogen and oxygen atoms in total. The van der Waals surface area contributed by atoms with E-state index in [1.165, 1.54) is 11.9 Å². The molecule has 1 fully saturated rings. The van der Waals surface area contributed by atoms with Gasteiger partial charge >= 0.3 is 6.18 Å². The predicted octanol–water partition coefficient (Wildman–Crippen LogP) is 4.24. The molecule has 0 saturated heterocycles. The lowest BCUT2D eigenvalue weighted by molar-refractivity contribution is -0.115. The molecule has 0 aromatic heterocycles. The third-order valence-corrected chi connectivity index (χ3v) is 4.33. The summed E-state index contributed by atoms with van der Waals surface area (Å²) in [5, 5.41) is 9.85. The molecule has 0 atom stereocenters. The van der Waals surface area contributed by atoms with E-state index < -0.39 is 23.4 Å². The van der Waals surface area contributed by atoms with E-state index in [1.807, 2.05) is 26.0 Å². The quantitative estimate of drug-likeness (QED) is 0.559. The van der Waals surface area contributed by atoms with Crippen molar-refractivity contribution in [2.75, 3.05) is 18.5 Å². The van der Waals surface area contributed by atoms with Crippen molar-refractivity contribution in [2.45, 2.75) is 38.8 Å². The fourth-order valence-corrected chi connectivity index (χ4v) is 2.59. The van der Waals surface area contributed by atoms with Crippen molar-refractivity contribution in [3.63, 3.8) is 0 Å². The molecule has 0 unspecified atom stereocenters. The Morgan fingerprint density at radius 1 is 1.31 bits per heavy atom. The van der Waals surface area contributed by atoms with Crippen LogP contribution in [0.2, 0.25) is 0 Å². The third-order valence-electron chi connectivity index (χ3n) is 4.33. The van der Waals surface area contributed by atoms with Crippen LogP contribution in [0.5, 0.6) is 0 Å². The second-order valence-corrected chi connectivity index (χ2v) is 6.82. The molecule has 2 rings (SSSR count). The van der Waals surface area contributed by atoms with E-state index in [0.717, 1.165) is 24.6 Å². The maximum atomic E-state index is 13.0. The number of benzene rings is 1. The van der Waals surface area contributed by atoms with Crippen molar-refractivity contribution in [2.24, 2.45) is 5.92 Å². The van der Waals surface area contributed by atoms with E-state index in [4.69, 9.17) is 5.41 Å². The Kier molecular flexibility index (Phi) is 6.10. The summed E-state index contributed by atoms with van der Waals surface area (Å²) in [4.78, 5) is 14.2. The monoisotopic (exact) mass is 367 g/mol. The summed E-state index contributed by atoms with van der Waals surface area (Å²) in [5.41, 5.74) is -0.699. The van der Waals surface area contributed by atoms with Crippen LogP contribution in [0.3, 0.4) is 0 Å². The Labute approximate surface area is 151 Å². The van der Waals surface area contributed by atoms with Gasteiger partial charge in [-0.2, -0.15) is 13.2 Å². The van der Waals surface area contributed by atoms with E-state index >= 15 is 0 Å². The number of alkyl halides is 3. The van der Waals surface area contributed by atoms with E-state index in [1.54, 1.807) is 12.1 Å². The van der Waals surface area contributed by atoms with E-state index in [9.17, 15) is 18.0 Å². The normalized spacial score (nSPS) is 15.1. The number of carbonyl (C=O) groups is 1. The van der Waals surface area contributed by atoms with Crippen LogP contribution in [0.4, 0.5) is 18.9 Å². The van der Waals surface area contributed by atoms with Gasteiger partial charge in [-0.15, -0.1) is 0 Å². The average Bonchev–Trinajstić information content (AvgIpc) is 3.40. The highest BCUT2D eigenvalue weighted by Gasteiger charge is 2.41. The molecular weight excluding hydrogens is 343 g/mol. The number of anilines is 1. The van der Waals surface area contributed by atoms with Crippen LogP contribution in [0, 0.1) is 11.3 Å². The fraction of sp³-hybridized carbons (Fsp3) is 0.474. The molecule has 1 aromatic carbocycles. The Morgan fingerprint density at radius 3 is 2.31 bits per heavy atom. The van der Waals surface area contributed by atoms with Gasteiger partial charge in [-0.1, -0.05) is 26.0 Å². The maximum Gasteiger partial charge on any atom is 0.433 e. The molecule has 1 aliphatic rings. The van der Waals surface area contributed by atoms with Gasteiger partial charge in [0.2, 0.25) is 0 Å². The number of carbonyl (C=O) groups excluding carboxylic acids is 1. The number of hydrogen-bond acceptors (Lipinski definition) is 3. The maximum absolute atomic E-state index is 13.0. The molecule has 1 aromatic rings. The molecule has 26 heavy (non-hydrogen) atoms. The van der Waals surface area contributed by atoms with E-state index in [-0.39, 0.29) is 0 Å². The van der Waals surface area contributed by atoms with Crippen LogP contribution >= 0.6 is 0 Å². The zero-order valence-corrected chi connectivity index (χ0v) is 15.2. The number of halogens is 3. The molecular formula is C19H24F3N3O. The number of nitrogens with zero attached hydrogens (tertiary/aromatic N) is 1. The highest BCUT2D eigenvalue weighted by Crippen LogP contribution is 2.33. The molecule has 0 bridgehead atoms. The zero-order valence-electron chi connectivity index (χ0n) is 15.2. The Bertz CT molecular complexity index is 689. The molecule has 1 saturated carbocycles. The summed E-state index contributed by atoms with van der Waals surface area (Å²) < 4.78 is 39.0. The minimum atomic E-state index is -4.88. The first-order valence-corrected chi connectivity index (χ1v) is 8.60. The number of rotatable bonds is 7. The van der Waals surface area contributed by atoms with Crippen molar-refractivity contribution in [1.29, 1.82) is 5.41 Å². The van der Waals surface area contributed by atoms with Gasteiger partial charge in [-0.05, 0) is 42.4 Å². The van der Waals surface area contributed by atoms with Crippen LogP contribution in [-0.2, 0) is 4.79 Å². The van der Waals surface area contributed by atoms with Crippen molar-refractivity contribution in [3.05, 3.63) is 41.6 Å². The molecule has 2 N–H and O–H groups in total. The molecule has 0 aliphatic heterocycles. The smallest absolute Gasteiger partial charge is 0.393 e. The van der Waals surface area contributed by atoms with Crippen LogP contribution in [0.1, 0.15) is 38.2 Å². The fourth-order valence-electron chi connectivity index (χ4n) is 2.59.